The lowest BCUT2D eigenvalue weighted by molar-refractivity contribution is -0.123. The van der Waals surface area contributed by atoms with Crippen LogP contribution in [-0.4, -0.2) is 34.2 Å². The molecule has 0 aliphatic heterocycles. The highest BCUT2D eigenvalue weighted by atomic mass is 79.9. The molecule has 0 spiro atoms. The number of sulfonamides is 1. The summed E-state index contributed by atoms with van der Waals surface area (Å²) in [6.07, 6.45) is -4.57. The van der Waals surface area contributed by atoms with Gasteiger partial charge >= 0.3 is 6.18 Å². The Kier molecular flexibility index (Phi) is 6.37. The maximum absolute atomic E-state index is 12.6. The zero-order valence-corrected chi connectivity index (χ0v) is 16.2. The highest BCUT2D eigenvalue weighted by Gasteiger charge is 2.28. The average molecular weight is 467 g/mol. The predicted molar refractivity (Wildman–Crippen MR) is 96.3 cm³/mol. The minimum atomic E-state index is -4.57. The second-order valence-electron chi connectivity index (χ2n) is 5.28. The number of carbonyl (C=O) groups excluding carboxylic acids is 1. The molecule has 0 saturated heterocycles. The fourth-order valence-corrected chi connectivity index (χ4v) is 3.52. The highest BCUT2D eigenvalue weighted by molar-refractivity contribution is 9.10. The van der Waals surface area contributed by atoms with Crippen molar-refractivity contribution in [1.29, 1.82) is 0 Å². The molecule has 146 valence electrons. The maximum atomic E-state index is 12.6. The van der Waals surface area contributed by atoms with Crippen LogP contribution in [-0.2, 0) is 10.0 Å². The molecular formula is C16H14BrF3N2O4S. The Morgan fingerprint density at radius 3 is 2.52 bits per heavy atom. The van der Waals surface area contributed by atoms with Crippen LogP contribution in [0.25, 0.3) is 0 Å². The molecule has 2 aromatic rings. The van der Waals surface area contributed by atoms with Crippen molar-refractivity contribution in [3.05, 3.63) is 52.5 Å². The Morgan fingerprint density at radius 2 is 1.89 bits per heavy atom. The van der Waals surface area contributed by atoms with Crippen LogP contribution in [0.5, 0.6) is 5.75 Å². The third kappa shape index (κ3) is 5.86. The van der Waals surface area contributed by atoms with Gasteiger partial charge in [-0.15, -0.1) is 0 Å². The Hall–Kier alpha value is -2.27. The van der Waals surface area contributed by atoms with E-state index in [1.54, 1.807) is 17.4 Å². The van der Waals surface area contributed by atoms with Gasteiger partial charge in [-0.2, -0.15) is 13.2 Å². The van der Waals surface area contributed by atoms with Crippen molar-refractivity contribution in [2.24, 2.45) is 0 Å². The van der Waals surface area contributed by atoms with Crippen molar-refractivity contribution in [1.82, 2.24) is 5.32 Å². The lowest BCUT2D eigenvalue weighted by Gasteiger charge is -2.13. The molecule has 2 aromatic carbocycles. The summed E-state index contributed by atoms with van der Waals surface area (Å²) in [4.78, 5) is 11.5. The highest BCUT2D eigenvalue weighted by Crippen LogP contribution is 2.30. The molecule has 0 atom stereocenters. The van der Waals surface area contributed by atoms with Crippen LogP contribution in [0.3, 0.4) is 0 Å². The van der Waals surface area contributed by atoms with Crippen LogP contribution in [0.1, 0.15) is 10.4 Å². The standard InChI is InChI=1S/C16H14BrF3N2O4S/c1-26-14-6-5-11(17)8-13(14)22-27(24,25)12-4-2-3-10(7-12)15(23)21-9-16(18,19)20/h2-8,22H,9H2,1H3,(H,21,23). The first-order valence-electron chi connectivity index (χ1n) is 7.33. The molecule has 0 bridgehead atoms. The smallest absolute Gasteiger partial charge is 0.405 e. The van der Waals surface area contributed by atoms with E-state index in [0.29, 0.717) is 4.47 Å². The van der Waals surface area contributed by atoms with Crippen LogP contribution in [0, 0.1) is 0 Å². The Bertz CT molecular complexity index is 949. The van der Waals surface area contributed by atoms with Crippen LogP contribution in [0.2, 0.25) is 0 Å². The Morgan fingerprint density at radius 1 is 1.19 bits per heavy atom. The molecule has 6 nitrogen and oxygen atoms in total. The molecule has 0 fully saturated rings. The van der Waals surface area contributed by atoms with Crippen LogP contribution < -0.4 is 14.8 Å². The third-order valence-electron chi connectivity index (χ3n) is 3.26. The SMILES string of the molecule is COc1ccc(Br)cc1NS(=O)(=O)c1cccc(C(=O)NCC(F)(F)F)c1. The molecule has 0 unspecified atom stereocenters. The van der Waals surface area contributed by atoms with Gasteiger partial charge in [0.15, 0.2) is 0 Å². The Labute approximate surface area is 161 Å². The number of hydrogen-bond donors (Lipinski definition) is 2. The molecule has 0 aromatic heterocycles. The molecule has 0 heterocycles. The molecule has 2 N–H and O–H groups in total. The zero-order valence-electron chi connectivity index (χ0n) is 13.8. The summed E-state index contributed by atoms with van der Waals surface area (Å²) < 4.78 is 69.8. The number of nitrogens with one attached hydrogen (secondary N) is 2. The van der Waals surface area contributed by atoms with Gasteiger partial charge < -0.3 is 10.1 Å². The first-order chi connectivity index (χ1) is 12.5. The second kappa shape index (κ2) is 8.17. The topological polar surface area (TPSA) is 84.5 Å². The fraction of sp³-hybridized carbons (Fsp3) is 0.188. The number of ether oxygens (including phenoxy) is 1. The van der Waals surface area contributed by atoms with Gasteiger partial charge in [-0.05, 0) is 36.4 Å². The summed E-state index contributed by atoms with van der Waals surface area (Å²) in [6.45, 7) is -1.52. The monoisotopic (exact) mass is 466 g/mol. The molecule has 0 aliphatic carbocycles. The summed E-state index contributed by atoms with van der Waals surface area (Å²) >= 11 is 3.22. The van der Waals surface area contributed by atoms with Crippen molar-refractivity contribution in [2.75, 3.05) is 18.4 Å². The number of anilines is 1. The van der Waals surface area contributed by atoms with E-state index in [0.717, 1.165) is 6.07 Å². The number of amides is 1. The number of halogens is 4. The average Bonchev–Trinajstić information content (AvgIpc) is 2.59. The fourth-order valence-electron chi connectivity index (χ4n) is 2.05. The van der Waals surface area contributed by atoms with Crippen molar-refractivity contribution < 1.29 is 31.1 Å². The molecule has 0 radical (unpaired) electrons. The zero-order chi connectivity index (χ0) is 20.2. The molecule has 0 aliphatic rings. The van der Waals surface area contributed by atoms with Crippen LogP contribution in [0.15, 0.2) is 51.8 Å². The summed E-state index contributed by atoms with van der Waals surface area (Å²) in [5.41, 5.74) is -0.0675. The number of carbonyl (C=O) groups is 1. The minimum Gasteiger partial charge on any atom is -0.495 e. The van der Waals surface area contributed by atoms with Crippen LogP contribution in [0.4, 0.5) is 18.9 Å². The lowest BCUT2D eigenvalue weighted by atomic mass is 10.2. The van der Waals surface area contributed by atoms with E-state index in [9.17, 15) is 26.4 Å². The summed E-state index contributed by atoms with van der Waals surface area (Å²) in [7, 11) is -2.75. The van der Waals surface area contributed by atoms with E-state index in [1.165, 1.54) is 31.4 Å². The largest absolute Gasteiger partial charge is 0.495 e. The molecule has 0 saturated carbocycles. The van der Waals surface area contributed by atoms with E-state index >= 15 is 0 Å². The summed E-state index contributed by atoms with van der Waals surface area (Å²) in [6, 6.07) is 9.35. The van der Waals surface area contributed by atoms with E-state index in [2.05, 4.69) is 20.7 Å². The number of benzene rings is 2. The first-order valence-corrected chi connectivity index (χ1v) is 9.61. The van der Waals surface area contributed by atoms with Gasteiger partial charge in [0.05, 0.1) is 17.7 Å². The number of alkyl halides is 3. The van der Waals surface area contributed by atoms with Gasteiger partial charge in [0.25, 0.3) is 15.9 Å². The van der Waals surface area contributed by atoms with Crippen molar-refractivity contribution in [3.8, 4) is 5.75 Å². The van der Waals surface area contributed by atoms with Gasteiger partial charge in [-0.25, -0.2) is 8.42 Å². The van der Waals surface area contributed by atoms with Crippen molar-refractivity contribution >= 4 is 37.5 Å². The van der Waals surface area contributed by atoms with Gasteiger partial charge in [0.1, 0.15) is 12.3 Å². The van der Waals surface area contributed by atoms with Crippen molar-refractivity contribution in [3.63, 3.8) is 0 Å². The minimum absolute atomic E-state index is 0.152. The number of methoxy groups -OCH3 is 1. The summed E-state index contributed by atoms with van der Waals surface area (Å²) in [5, 5.41) is 1.69. The van der Waals surface area contributed by atoms with Gasteiger partial charge in [0.2, 0.25) is 0 Å². The lowest BCUT2D eigenvalue weighted by Crippen LogP contribution is -2.33. The van der Waals surface area contributed by atoms with E-state index in [-0.39, 0.29) is 21.9 Å². The number of hydrogen-bond acceptors (Lipinski definition) is 4. The van der Waals surface area contributed by atoms with Crippen molar-refractivity contribution in [2.45, 2.75) is 11.1 Å². The molecule has 27 heavy (non-hydrogen) atoms. The second-order valence-corrected chi connectivity index (χ2v) is 7.87. The maximum Gasteiger partial charge on any atom is 0.405 e. The van der Waals surface area contributed by atoms with E-state index < -0.39 is 28.7 Å². The van der Waals surface area contributed by atoms with E-state index in [1.807, 2.05) is 0 Å². The third-order valence-corrected chi connectivity index (χ3v) is 5.12. The quantitative estimate of drug-likeness (QED) is 0.681. The van der Waals surface area contributed by atoms with Crippen LogP contribution >= 0.6 is 15.9 Å². The van der Waals surface area contributed by atoms with E-state index in [4.69, 9.17) is 4.74 Å². The normalized spacial score (nSPS) is 11.7. The molecule has 2 rings (SSSR count). The Balaban J connectivity index is 2.27. The predicted octanol–water partition coefficient (Wildman–Crippen LogP) is 3.55. The molecular weight excluding hydrogens is 453 g/mol. The summed E-state index contributed by atoms with van der Waals surface area (Å²) in [5.74, 6) is -0.773. The first kappa shape index (κ1) is 21.0. The van der Waals surface area contributed by atoms with Gasteiger partial charge in [-0.1, -0.05) is 22.0 Å². The molecule has 11 heteroatoms. The van der Waals surface area contributed by atoms with Gasteiger partial charge in [0, 0.05) is 10.0 Å². The van der Waals surface area contributed by atoms with Gasteiger partial charge in [-0.3, -0.25) is 9.52 Å². The molecule has 1 amide bonds. The number of rotatable bonds is 6.